The van der Waals surface area contributed by atoms with Crippen LogP contribution in [0.15, 0.2) is 35.4 Å². The lowest BCUT2D eigenvalue weighted by molar-refractivity contribution is -0.133. The summed E-state index contributed by atoms with van der Waals surface area (Å²) in [4.78, 5) is 11.2. The quantitative estimate of drug-likeness (QED) is 0.887. The number of ether oxygens (including phenoxy) is 1. The van der Waals surface area contributed by atoms with Gasteiger partial charge in [-0.2, -0.15) is 0 Å². The third-order valence-electron chi connectivity index (χ3n) is 3.39. The van der Waals surface area contributed by atoms with Crippen molar-refractivity contribution < 1.29 is 14.6 Å². The summed E-state index contributed by atoms with van der Waals surface area (Å²) in [7, 11) is 1.64. The van der Waals surface area contributed by atoms with Crippen LogP contribution in [0.4, 0.5) is 0 Å². The van der Waals surface area contributed by atoms with Crippen molar-refractivity contribution in [3.05, 3.63) is 41.0 Å². The molecule has 0 fully saturated rings. The highest BCUT2D eigenvalue weighted by Gasteiger charge is 2.18. The van der Waals surface area contributed by atoms with E-state index in [0.29, 0.717) is 12.0 Å². The second kappa shape index (κ2) is 5.71. The van der Waals surface area contributed by atoms with Crippen LogP contribution in [0.3, 0.4) is 0 Å². The van der Waals surface area contributed by atoms with Crippen molar-refractivity contribution in [2.24, 2.45) is 0 Å². The van der Waals surface area contributed by atoms with Crippen LogP contribution in [0.5, 0.6) is 5.75 Å². The molecule has 0 atom stereocenters. The standard InChI is InChI=1S/C15H18O3/c1-18-13-7-4-5-11(10-13)9-12-6-2-3-8-14(12)15(16)17/h4-5,7,10H,2-3,6,8-9H2,1H3,(H,16,17). The van der Waals surface area contributed by atoms with Gasteiger partial charge < -0.3 is 9.84 Å². The van der Waals surface area contributed by atoms with Gasteiger partial charge in [0, 0.05) is 5.57 Å². The Labute approximate surface area is 107 Å². The molecule has 0 aromatic heterocycles. The van der Waals surface area contributed by atoms with Crippen molar-refractivity contribution in [2.45, 2.75) is 32.1 Å². The van der Waals surface area contributed by atoms with Crippen molar-refractivity contribution >= 4 is 5.97 Å². The zero-order chi connectivity index (χ0) is 13.0. The molecule has 0 bridgehead atoms. The lowest BCUT2D eigenvalue weighted by atomic mass is 9.88. The zero-order valence-electron chi connectivity index (χ0n) is 10.6. The highest BCUT2D eigenvalue weighted by Crippen LogP contribution is 2.28. The Hall–Kier alpha value is -1.77. The first-order chi connectivity index (χ1) is 8.70. The van der Waals surface area contributed by atoms with Gasteiger partial charge in [0.1, 0.15) is 5.75 Å². The molecule has 0 saturated heterocycles. The third kappa shape index (κ3) is 2.92. The molecule has 1 aromatic rings. The lowest BCUT2D eigenvalue weighted by Crippen LogP contribution is -2.10. The van der Waals surface area contributed by atoms with Gasteiger partial charge in [-0.25, -0.2) is 4.79 Å². The van der Waals surface area contributed by atoms with Gasteiger partial charge in [0.2, 0.25) is 0 Å². The summed E-state index contributed by atoms with van der Waals surface area (Å²) in [6.45, 7) is 0. The average molecular weight is 246 g/mol. The van der Waals surface area contributed by atoms with Gasteiger partial charge in [-0.05, 0) is 49.8 Å². The number of hydrogen-bond acceptors (Lipinski definition) is 2. The van der Waals surface area contributed by atoms with Gasteiger partial charge >= 0.3 is 5.97 Å². The Morgan fingerprint density at radius 2 is 2.11 bits per heavy atom. The van der Waals surface area contributed by atoms with Gasteiger partial charge in [0.25, 0.3) is 0 Å². The van der Waals surface area contributed by atoms with Gasteiger partial charge in [-0.15, -0.1) is 0 Å². The number of carboxylic acid groups (broad SMARTS) is 1. The summed E-state index contributed by atoms with van der Waals surface area (Å²) in [6.07, 6.45) is 4.41. The van der Waals surface area contributed by atoms with Crippen LogP contribution in [0, 0.1) is 0 Å². The predicted molar refractivity (Wildman–Crippen MR) is 69.8 cm³/mol. The monoisotopic (exact) mass is 246 g/mol. The van der Waals surface area contributed by atoms with E-state index in [0.717, 1.165) is 42.6 Å². The van der Waals surface area contributed by atoms with E-state index >= 15 is 0 Å². The summed E-state index contributed by atoms with van der Waals surface area (Å²) in [5, 5.41) is 9.20. The van der Waals surface area contributed by atoms with E-state index in [2.05, 4.69) is 0 Å². The van der Waals surface area contributed by atoms with Gasteiger partial charge in [0.05, 0.1) is 7.11 Å². The smallest absolute Gasteiger partial charge is 0.331 e. The number of hydrogen-bond donors (Lipinski definition) is 1. The van der Waals surface area contributed by atoms with Gasteiger partial charge in [-0.3, -0.25) is 0 Å². The molecular weight excluding hydrogens is 228 g/mol. The van der Waals surface area contributed by atoms with E-state index in [-0.39, 0.29) is 0 Å². The minimum atomic E-state index is -0.757. The first-order valence-electron chi connectivity index (χ1n) is 6.28. The molecule has 0 amide bonds. The number of rotatable bonds is 4. The van der Waals surface area contributed by atoms with Crippen molar-refractivity contribution in [2.75, 3.05) is 7.11 Å². The number of allylic oxidation sites excluding steroid dienone is 1. The Morgan fingerprint density at radius 1 is 1.33 bits per heavy atom. The molecule has 1 aromatic carbocycles. The van der Waals surface area contributed by atoms with Crippen molar-refractivity contribution in [1.29, 1.82) is 0 Å². The zero-order valence-corrected chi connectivity index (χ0v) is 10.6. The summed E-state index contributed by atoms with van der Waals surface area (Å²) in [5.74, 6) is 0.0633. The number of benzene rings is 1. The molecule has 0 heterocycles. The molecule has 1 N–H and O–H groups in total. The minimum Gasteiger partial charge on any atom is -0.497 e. The molecule has 3 nitrogen and oxygen atoms in total. The molecule has 1 aliphatic carbocycles. The van der Waals surface area contributed by atoms with Gasteiger partial charge in [-0.1, -0.05) is 17.7 Å². The maximum atomic E-state index is 11.2. The first kappa shape index (κ1) is 12.7. The van der Waals surface area contributed by atoms with Crippen LogP contribution in [0.1, 0.15) is 31.2 Å². The van der Waals surface area contributed by atoms with E-state index in [1.165, 1.54) is 0 Å². The molecule has 18 heavy (non-hydrogen) atoms. The number of aliphatic carboxylic acids is 1. The summed E-state index contributed by atoms with van der Waals surface area (Å²) in [6, 6.07) is 7.83. The molecule has 0 unspecified atom stereocenters. The van der Waals surface area contributed by atoms with Crippen molar-refractivity contribution in [3.8, 4) is 5.75 Å². The van der Waals surface area contributed by atoms with Gasteiger partial charge in [0.15, 0.2) is 0 Å². The molecule has 2 rings (SSSR count). The maximum Gasteiger partial charge on any atom is 0.331 e. The Kier molecular flexibility index (Phi) is 4.03. The van der Waals surface area contributed by atoms with Crippen molar-refractivity contribution in [1.82, 2.24) is 0 Å². The van der Waals surface area contributed by atoms with Crippen LogP contribution in [-0.4, -0.2) is 18.2 Å². The second-order valence-corrected chi connectivity index (χ2v) is 4.62. The normalized spacial score (nSPS) is 15.6. The fourth-order valence-electron chi connectivity index (χ4n) is 2.45. The maximum absolute atomic E-state index is 11.2. The topological polar surface area (TPSA) is 46.5 Å². The summed E-state index contributed by atoms with van der Waals surface area (Å²) >= 11 is 0. The highest BCUT2D eigenvalue weighted by molar-refractivity contribution is 5.87. The summed E-state index contributed by atoms with van der Waals surface area (Å²) in [5.41, 5.74) is 2.80. The summed E-state index contributed by atoms with van der Waals surface area (Å²) < 4.78 is 5.19. The van der Waals surface area contributed by atoms with Crippen LogP contribution < -0.4 is 4.74 Å². The SMILES string of the molecule is COc1cccc(CC2=C(C(=O)O)CCCC2)c1. The molecule has 1 aliphatic rings. The van der Waals surface area contributed by atoms with E-state index < -0.39 is 5.97 Å². The minimum absolute atomic E-state index is 0.615. The highest BCUT2D eigenvalue weighted by atomic mass is 16.5. The molecular formula is C15H18O3. The number of carbonyl (C=O) groups is 1. The second-order valence-electron chi connectivity index (χ2n) is 4.62. The Balaban J connectivity index is 2.22. The number of methoxy groups -OCH3 is 1. The Bertz CT molecular complexity index is 474. The van der Waals surface area contributed by atoms with Crippen LogP contribution in [0.2, 0.25) is 0 Å². The van der Waals surface area contributed by atoms with E-state index in [1.54, 1.807) is 7.11 Å². The molecule has 0 radical (unpaired) electrons. The molecule has 0 saturated carbocycles. The van der Waals surface area contributed by atoms with Crippen LogP contribution in [-0.2, 0) is 11.2 Å². The fraction of sp³-hybridized carbons (Fsp3) is 0.400. The molecule has 0 spiro atoms. The van der Waals surface area contributed by atoms with Crippen molar-refractivity contribution in [3.63, 3.8) is 0 Å². The Morgan fingerprint density at radius 3 is 2.83 bits per heavy atom. The van der Waals surface area contributed by atoms with Crippen LogP contribution in [0.25, 0.3) is 0 Å². The molecule has 3 heteroatoms. The number of carboxylic acids is 1. The van der Waals surface area contributed by atoms with Crippen LogP contribution >= 0.6 is 0 Å². The predicted octanol–water partition coefficient (Wildman–Crippen LogP) is 3.19. The fourth-order valence-corrected chi connectivity index (χ4v) is 2.45. The van der Waals surface area contributed by atoms with E-state index in [9.17, 15) is 9.90 Å². The molecule has 0 aliphatic heterocycles. The average Bonchev–Trinajstić information content (AvgIpc) is 2.39. The van der Waals surface area contributed by atoms with E-state index in [1.807, 2.05) is 24.3 Å². The lowest BCUT2D eigenvalue weighted by Gasteiger charge is -2.18. The largest absolute Gasteiger partial charge is 0.497 e. The van der Waals surface area contributed by atoms with E-state index in [4.69, 9.17) is 4.74 Å². The molecule has 96 valence electrons. The third-order valence-corrected chi connectivity index (χ3v) is 3.39. The first-order valence-corrected chi connectivity index (χ1v) is 6.28.